The lowest BCUT2D eigenvalue weighted by atomic mass is 10.0. The Bertz CT molecular complexity index is 911. The predicted octanol–water partition coefficient (Wildman–Crippen LogP) is -0.0613. The number of fused-ring (bicyclic) bond motifs is 1. The highest BCUT2D eigenvalue weighted by atomic mass is 32.2. The zero-order chi connectivity index (χ0) is 18.3. The molecule has 0 unspecified atom stereocenters. The monoisotopic (exact) mass is 375 g/mol. The molecule has 0 saturated carbocycles. The SMILES string of the molecule is Cn1ccnc1C(=O)N1CCN(Cc2cccnc2)[C@@H]2CS(=O)(=O)C[C@@H]21. The Hall–Kier alpha value is -2.26. The second-order valence-electron chi connectivity index (χ2n) is 6.90. The molecule has 1 amide bonds. The molecule has 2 aliphatic heterocycles. The van der Waals surface area contributed by atoms with Crippen molar-refractivity contribution in [1.29, 1.82) is 0 Å². The summed E-state index contributed by atoms with van der Waals surface area (Å²) in [5, 5.41) is 0. The standard InChI is InChI=1S/C17H21N5O3S/c1-20-6-5-19-16(20)17(23)22-8-7-21(10-13-3-2-4-18-9-13)14-11-26(24,25)12-15(14)22/h2-6,9,14-15H,7-8,10-12H2,1H3/t14-,15+/m1/s1. The number of imidazole rings is 1. The van der Waals surface area contributed by atoms with E-state index in [1.54, 1.807) is 41.3 Å². The summed E-state index contributed by atoms with van der Waals surface area (Å²) in [5.74, 6) is 0.235. The molecule has 2 atom stereocenters. The number of carbonyl (C=O) groups excluding carboxylic acids is 1. The van der Waals surface area contributed by atoms with E-state index in [-0.39, 0.29) is 29.5 Å². The highest BCUT2D eigenvalue weighted by Gasteiger charge is 2.48. The van der Waals surface area contributed by atoms with Crippen LogP contribution in [0.2, 0.25) is 0 Å². The van der Waals surface area contributed by atoms with Gasteiger partial charge in [-0.25, -0.2) is 13.4 Å². The van der Waals surface area contributed by atoms with E-state index in [2.05, 4.69) is 14.9 Å². The fourth-order valence-electron chi connectivity index (χ4n) is 3.90. The zero-order valence-corrected chi connectivity index (χ0v) is 15.3. The average Bonchev–Trinajstić information content (AvgIpc) is 3.17. The normalized spacial score (nSPS) is 25.2. The van der Waals surface area contributed by atoms with Crippen LogP contribution in [0.3, 0.4) is 0 Å². The maximum absolute atomic E-state index is 12.9. The highest BCUT2D eigenvalue weighted by Crippen LogP contribution is 2.29. The molecule has 2 fully saturated rings. The van der Waals surface area contributed by atoms with Gasteiger partial charge in [0.05, 0.1) is 17.5 Å². The Morgan fingerprint density at radius 1 is 1.23 bits per heavy atom. The number of aryl methyl sites for hydroxylation is 1. The summed E-state index contributed by atoms with van der Waals surface area (Å²) in [5.41, 5.74) is 1.04. The fourth-order valence-corrected chi connectivity index (χ4v) is 5.91. The van der Waals surface area contributed by atoms with Crippen molar-refractivity contribution in [3.05, 3.63) is 48.3 Å². The first-order chi connectivity index (χ1) is 12.4. The fraction of sp³-hybridized carbons (Fsp3) is 0.471. The van der Waals surface area contributed by atoms with Crippen molar-refractivity contribution >= 4 is 15.7 Å². The topological polar surface area (TPSA) is 88.4 Å². The summed E-state index contributed by atoms with van der Waals surface area (Å²) in [6.45, 7) is 1.75. The van der Waals surface area contributed by atoms with Crippen LogP contribution in [0.25, 0.3) is 0 Å². The van der Waals surface area contributed by atoms with Gasteiger partial charge in [-0.15, -0.1) is 0 Å². The minimum atomic E-state index is -3.18. The third-order valence-corrected chi connectivity index (χ3v) is 6.87. The lowest BCUT2D eigenvalue weighted by Crippen LogP contribution is -2.60. The lowest BCUT2D eigenvalue weighted by Gasteiger charge is -2.43. The third-order valence-electron chi connectivity index (χ3n) is 5.17. The Kier molecular flexibility index (Phi) is 4.28. The summed E-state index contributed by atoms with van der Waals surface area (Å²) in [7, 11) is -1.41. The molecular weight excluding hydrogens is 354 g/mol. The number of rotatable bonds is 3. The van der Waals surface area contributed by atoms with Gasteiger partial charge in [0.15, 0.2) is 15.7 Å². The molecule has 0 bridgehead atoms. The number of pyridine rings is 1. The third kappa shape index (κ3) is 3.12. The zero-order valence-electron chi connectivity index (χ0n) is 14.5. The number of piperazine rings is 1. The van der Waals surface area contributed by atoms with Crippen LogP contribution in [0.15, 0.2) is 36.9 Å². The van der Waals surface area contributed by atoms with E-state index in [1.165, 1.54) is 0 Å². The van der Waals surface area contributed by atoms with Crippen LogP contribution in [-0.4, -0.2) is 75.3 Å². The Labute approximate surface area is 152 Å². The summed E-state index contributed by atoms with van der Waals surface area (Å²) in [6, 6.07) is 3.32. The van der Waals surface area contributed by atoms with Crippen LogP contribution >= 0.6 is 0 Å². The molecule has 2 aromatic rings. The Morgan fingerprint density at radius 3 is 2.73 bits per heavy atom. The predicted molar refractivity (Wildman–Crippen MR) is 95.1 cm³/mol. The molecular formula is C17H21N5O3S. The molecule has 2 aliphatic rings. The van der Waals surface area contributed by atoms with Crippen molar-refractivity contribution in [2.45, 2.75) is 18.6 Å². The van der Waals surface area contributed by atoms with Gasteiger partial charge in [0.1, 0.15) is 0 Å². The molecule has 2 aromatic heterocycles. The molecule has 0 spiro atoms. The first kappa shape index (κ1) is 17.2. The molecule has 26 heavy (non-hydrogen) atoms. The minimum Gasteiger partial charge on any atom is -0.330 e. The van der Waals surface area contributed by atoms with Gasteiger partial charge in [-0.3, -0.25) is 14.7 Å². The van der Waals surface area contributed by atoms with Crippen LogP contribution < -0.4 is 0 Å². The van der Waals surface area contributed by atoms with Crippen molar-refractivity contribution in [2.24, 2.45) is 7.05 Å². The maximum atomic E-state index is 12.9. The van der Waals surface area contributed by atoms with Crippen LogP contribution in [0.4, 0.5) is 0 Å². The first-order valence-corrected chi connectivity index (χ1v) is 10.4. The molecule has 9 heteroatoms. The number of nitrogens with zero attached hydrogens (tertiary/aromatic N) is 5. The molecule has 0 aliphatic carbocycles. The summed E-state index contributed by atoms with van der Waals surface area (Å²) < 4.78 is 26.3. The van der Waals surface area contributed by atoms with Gasteiger partial charge in [-0.05, 0) is 11.6 Å². The minimum absolute atomic E-state index is 0.0113. The van der Waals surface area contributed by atoms with E-state index in [0.29, 0.717) is 25.5 Å². The molecule has 4 rings (SSSR count). The quantitative estimate of drug-likeness (QED) is 0.747. The molecule has 0 N–H and O–H groups in total. The van der Waals surface area contributed by atoms with Gasteiger partial charge in [0, 0.05) is 57.5 Å². The second-order valence-corrected chi connectivity index (χ2v) is 9.06. The van der Waals surface area contributed by atoms with E-state index in [9.17, 15) is 13.2 Å². The van der Waals surface area contributed by atoms with Crippen molar-refractivity contribution in [3.8, 4) is 0 Å². The molecule has 4 heterocycles. The van der Waals surface area contributed by atoms with Crippen molar-refractivity contribution in [3.63, 3.8) is 0 Å². The van der Waals surface area contributed by atoms with E-state index < -0.39 is 9.84 Å². The summed E-state index contributed by atoms with van der Waals surface area (Å²) in [4.78, 5) is 25.0. The highest BCUT2D eigenvalue weighted by molar-refractivity contribution is 7.91. The smallest absolute Gasteiger partial charge is 0.290 e. The second kappa shape index (κ2) is 6.48. The van der Waals surface area contributed by atoms with Gasteiger partial charge in [0.25, 0.3) is 5.91 Å². The van der Waals surface area contributed by atoms with Gasteiger partial charge < -0.3 is 9.47 Å². The number of sulfone groups is 1. The number of hydrogen-bond acceptors (Lipinski definition) is 6. The molecule has 138 valence electrons. The average molecular weight is 375 g/mol. The largest absolute Gasteiger partial charge is 0.330 e. The van der Waals surface area contributed by atoms with Crippen molar-refractivity contribution in [2.75, 3.05) is 24.6 Å². The van der Waals surface area contributed by atoms with E-state index in [1.807, 2.05) is 12.1 Å². The number of hydrogen-bond donors (Lipinski definition) is 0. The van der Waals surface area contributed by atoms with Gasteiger partial charge in [-0.2, -0.15) is 0 Å². The summed E-state index contributed by atoms with van der Waals surface area (Å²) >= 11 is 0. The molecule has 0 radical (unpaired) electrons. The van der Waals surface area contributed by atoms with E-state index in [0.717, 1.165) is 5.56 Å². The number of aromatic nitrogens is 3. The maximum Gasteiger partial charge on any atom is 0.290 e. The van der Waals surface area contributed by atoms with Crippen molar-refractivity contribution < 1.29 is 13.2 Å². The van der Waals surface area contributed by atoms with Gasteiger partial charge in [0.2, 0.25) is 0 Å². The summed E-state index contributed by atoms with van der Waals surface area (Å²) in [6.07, 6.45) is 6.81. The Balaban J connectivity index is 1.60. The molecule has 2 saturated heterocycles. The number of amides is 1. The molecule has 0 aromatic carbocycles. The van der Waals surface area contributed by atoms with Crippen molar-refractivity contribution in [1.82, 2.24) is 24.3 Å². The van der Waals surface area contributed by atoms with Gasteiger partial charge in [-0.1, -0.05) is 6.07 Å². The van der Waals surface area contributed by atoms with Crippen LogP contribution in [0, 0.1) is 0 Å². The van der Waals surface area contributed by atoms with Crippen LogP contribution in [0.5, 0.6) is 0 Å². The van der Waals surface area contributed by atoms with E-state index >= 15 is 0 Å². The number of carbonyl (C=O) groups is 1. The van der Waals surface area contributed by atoms with Crippen LogP contribution in [0.1, 0.15) is 16.2 Å². The molecule has 8 nitrogen and oxygen atoms in total. The van der Waals surface area contributed by atoms with Crippen LogP contribution in [-0.2, 0) is 23.4 Å². The van der Waals surface area contributed by atoms with E-state index in [4.69, 9.17) is 0 Å². The Morgan fingerprint density at radius 2 is 2.04 bits per heavy atom. The van der Waals surface area contributed by atoms with Gasteiger partial charge >= 0.3 is 0 Å². The first-order valence-electron chi connectivity index (χ1n) is 8.56. The lowest BCUT2D eigenvalue weighted by molar-refractivity contribution is 0.0293.